The highest BCUT2D eigenvalue weighted by atomic mass is 16.5. The van der Waals surface area contributed by atoms with Crippen molar-refractivity contribution in [3.05, 3.63) is 48.5 Å². The number of nitrogens with one attached hydrogen (secondary N) is 1. The Labute approximate surface area is 231 Å². The molecule has 2 aromatic carbocycles. The Balaban J connectivity index is 1.53. The molecule has 0 bridgehead atoms. The highest BCUT2D eigenvalue weighted by Crippen LogP contribution is 2.23. The highest BCUT2D eigenvalue weighted by molar-refractivity contribution is 5.44. The van der Waals surface area contributed by atoms with Crippen molar-refractivity contribution in [2.24, 2.45) is 16.0 Å². The van der Waals surface area contributed by atoms with Crippen molar-refractivity contribution in [2.45, 2.75) is 96.8 Å². The van der Waals surface area contributed by atoms with Crippen LogP contribution in [0.25, 0.3) is 0 Å². The second kappa shape index (κ2) is 22.5. The molecular formula is C32H52N4O2. The van der Waals surface area contributed by atoms with Crippen molar-refractivity contribution < 1.29 is 9.47 Å². The molecule has 3 N–H and O–H groups in total. The van der Waals surface area contributed by atoms with E-state index in [1.807, 2.05) is 48.5 Å². The lowest BCUT2D eigenvalue weighted by molar-refractivity contribution is 0.304. The number of ether oxygens (including phenoxy) is 2. The van der Waals surface area contributed by atoms with Crippen molar-refractivity contribution >= 4 is 11.4 Å². The van der Waals surface area contributed by atoms with Crippen LogP contribution >= 0.6 is 0 Å². The minimum absolute atomic E-state index is 0.704. The SMILES string of the molecule is CCCCCCCCCCCCOc1ccc(N=Nc2ccc(OCCCCCCNCCN)cc2)cc1. The fraction of sp³-hybridized carbons (Fsp3) is 0.625. The van der Waals surface area contributed by atoms with Gasteiger partial charge in [-0.2, -0.15) is 10.2 Å². The summed E-state index contributed by atoms with van der Waals surface area (Å²) in [4.78, 5) is 0. The monoisotopic (exact) mass is 524 g/mol. The van der Waals surface area contributed by atoms with Crippen LogP contribution in [0.5, 0.6) is 11.5 Å². The maximum atomic E-state index is 5.89. The van der Waals surface area contributed by atoms with Gasteiger partial charge in [-0.25, -0.2) is 0 Å². The van der Waals surface area contributed by atoms with Gasteiger partial charge in [-0.1, -0.05) is 77.6 Å². The Morgan fingerprint density at radius 2 is 0.974 bits per heavy atom. The molecule has 0 saturated heterocycles. The van der Waals surface area contributed by atoms with Crippen LogP contribution in [0.2, 0.25) is 0 Å². The van der Waals surface area contributed by atoms with E-state index in [0.29, 0.717) is 6.54 Å². The minimum atomic E-state index is 0.704. The van der Waals surface area contributed by atoms with Gasteiger partial charge in [-0.15, -0.1) is 0 Å². The van der Waals surface area contributed by atoms with Crippen LogP contribution in [-0.2, 0) is 0 Å². The molecule has 0 fully saturated rings. The van der Waals surface area contributed by atoms with Crippen molar-refractivity contribution in [3.63, 3.8) is 0 Å². The summed E-state index contributed by atoms with van der Waals surface area (Å²) in [6.45, 7) is 6.44. The summed E-state index contributed by atoms with van der Waals surface area (Å²) in [6, 6.07) is 15.6. The molecule has 2 aromatic rings. The second-order valence-corrected chi connectivity index (χ2v) is 10.0. The van der Waals surface area contributed by atoms with E-state index in [0.717, 1.165) is 62.0 Å². The molecule has 2 rings (SSSR count). The smallest absolute Gasteiger partial charge is 0.119 e. The van der Waals surface area contributed by atoms with Gasteiger partial charge in [-0.3, -0.25) is 0 Å². The van der Waals surface area contributed by atoms with Gasteiger partial charge in [0.25, 0.3) is 0 Å². The Hall–Kier alpha value is -2.44. The molecule has 0 unspecified atom stereocenters. The number of unbranched alkanes of at least 4 members (excludes halogenated alkanes) is 12. The first-order chi connectivity index (χ1) is 18.8. The van der Waals surface area contributed by atoms with Crippen LogP contribution in [0.1, 0.15) is 96.8 Å². The Bertz CT molecular complexity index is 824. The van der Waals surface area contributed by atoms with E-state index in [2.05, 4.69) is 22.5 Å². The van der Waals surface area contributed by atoms with Gasteiger partial charge < -0.3 is 20.5 Å². The van der Waals surface area contributed by atoms with Gasteiger partial charge in [0, 0.05) is 13.1 Å². The Kier molecular flexibility index (Phi) is 18.8. The van der Waals surface area contributed by atoms with Crippen LogP contribution in [0.3, 0.4) is 0 Å². The van der Waals surface area contributed by atoms with E-state index in [1.54, 1.807) is 0 Å². The van der Waals surface area contributed by atoms with Gasteiger partial charge in [-0.05, 0) is 74.3 Å². The van der Waals surface area contributed by atoms with Crippen LogP contribution < -0.4 is 20.5 Å². The maximum Gasteiger partial charge on any atom is 0.119 e. The van der Waals surface area contributed by atoms with Gasteiger partial charge in [0.05, 0.1) is 24.6 Å². The molecule has 212 valence electrons. The molecule has 38 heavy (non-hydrogen) atoms. The molecule has 0 spiro atoms. The Morgan fingerprint density at radius 3 is 1.42 bits per heavy atom. The number of hydrogen-bond donors (Lipinski definition) is 2. The third-order valence-electron chi connectivity index (χ3n) is 6.56. The first kappa shape index (κ1) is 31.8. The topological polar surface area (TPSA) is 81.2 Å². The zero-order chi connectivity index (χ0) is 26.9. The summed E-state index contributed by atoms with van der Waals surface area (Å²) in [7, 11) is 0. The van der Waals surface area contributed by atoms with Gasteiger partial charge in [0.15, 0.2) is 0 Å². The summed E-state index contributed by atoms with van der Waals surface area (Å²) in [6.07, 6.45) is 18.0. The summed E-state index contributed by atoms with van der Waals surface area (Å²) in [5, 5.41) is 12.0. The largest absolute Gasteiger partial charge is 0.494 e. The molecule has 6 heteroatoms. The average Bonchev–Trinajstić information content (AvgIpc) is 2.95. The minimum Gasteiger partial charge on any atom is -0.494 e. The molecule has 0 atom stereocenters. The first-order valence-corrected chi connectivity index (χ1v) is 15.1. The summed E-state index contributed by atoms with van der Waals surface area (Å²) < 4.78 is 11.7. The molecule has 0 aliphatic carbocycles. The van der Waals surface area contributed by atoms with Crippen LogP contribution in [0.15, 0.2) is 58.8 Å². The van der Waals surface area contributed by atoms with E-state index < -0.39 is 0 Å². The highest BCUT2D eigenvalue weighted by Gasteiger charge is 1.99. The molecular weight excluding hydrogens is 472 g/mol. The fourth-order valence-electron chi connectivity index (χ4n) is 4.24. The molecule has 0 heterocycles. The molecule has 0 aromatic heterocycles. The third kappa shape index (κ3) is 16.4. The number of benzene rings is 2. The van der Waals surface area contributed by atoms with E-state index in [1.165, 1.54) is 77.0 Å². The maximum absolute atomic E-state index is 5.89. The van der Waals surface area contributed by atoms with Gasteiger partial charge in [0.2, 0.25) is 0 Å². The van der Waals surface area contributed by atoms with E-state index in [-0.39, 0.29) is 0 Å². The lowest BCUT2D eigenvalue weighted by Gasteiger charge is -2.07. The first-order valence-electron chi connectivity index (χ1n) is 15.1. The number of nitrogens with two attached hydrogens (primary N) is 1. The average molecular weight is 525 g/mol. The number of nitrogens with zero attached hydrogens (tertiary/aromatic N) is 2. The zero-order valence-corrected chi connectivity index (χ0v) is 23.8. The lowest BCUT2D eigenvalue weighted by atomic mass is 10.1. The van der Waals surface area contributed by atoms with Crippen molar-refractivity contribution in [3.8, 4) is 11.5 Å². The second-order valence-electron chi connectivity index (χ2n) is 10.0. The quantitative estimate of drug-likeness (QED) is 0.106. The molecule has 6 nitrogen and oxygen atoms in total. The standard InChI is InChI=1S/C32H52N4O2/c1-2-3-4-5-6-7-8-9-11-14-27-37-31-20-16-29(17-21-31)35-36-30-18-22-32(23-19-30)38-28-15-12-10-13-25-34-26-24-33/h16-23,34H,2-15,24-28,33H2,1H3. The molecule has 0 aliphatic heterocycles. The molecule has 0 saturated carbocycles. The predicted octanol–water partition coefficient (Wildman–Crippen LogP) is 8.89. The number of rotatable bonds is 24. The van der Waals surface area contributed by atoms with E-state index in [4.69, 9.17) is 15.2 Å². The summed E-state index contributed by atoms with van der Waals surface area (Å²) in [5.74, 6) is 1.77. The molecule has 0 amide bonds. The molecule has 0 radical (unpaired) electrons. The van der Waals surface area contributed by atoms with E-state index >= 15 is 0 Å². The van der Waals surface area contributed by atoms with Crippen molar-refractivity contribution in [1.29, 1.82) is 0 Å². The van der Waals surface area contributed by atoms with Crippen LogP contribution in [0.4, 0.5) is 11.4 Å². The fourth-order valence-corrected chi connectivity index (χ4v) is 4.24. The lowest BCUT2D eigenvalue weighted by Crippen LogP contribution is -2.23. The zero-order valence-electron chi connectivity index (χ0n) is 23.8. The summed E-state index contributed by atoms with van der Waals surface area (Å²) >= 11 is 0. The van der Waals surface area contributed by atoms with Crippen LogP contribution in [0, 0.1) is 0 Å². The van der Waals surface area contributed by atoms with E-state index in [9.17, 15) is 0 Å². The Morgan fingerprint density at radius 1 is 0.553 bits per heavy atom. The summed E-state index contributed by atoms with van der Waals surface area (Å²) in [5.41, 5.74) is 7.09. The van der Waals surface area contributed by atoms with Gasteiger partial charge >= 0.3 is 0 Å². The molecule has 0 aliphatic rings. The van der Waals surface area contributed by atoms with Crippen molar-refractivity contribution in [1.82, 2.24) is 5.32 Å². The number of azo groups is 1. The van der Waals surface area contributed by atoms with Gasteiger partial charge in [0.1, 0.15) is 11.5 Å². The predicted molar refractivity (Wildman–Crippen MR) is 160 cm³/mol. The van der Waals surface area contributed by atoms with Crippen LogP contribution in [-0.4, -0.2) is 32.8 Å². The normalized spacial score (nSPS) is 11.3. The number of hydrogen-bond acceptors (Lipinski definition) is 6. The van der Waals surface area contributed by atoms with Crippen molar-refractivity contribution in [2.75, 3.05) is 32.8 Å². The third-order valence-corrected chi connectivity index (χ3v) is 6.56.